The number of alkyl halides is 3. The van der Waals surface area contributed by atoms with Gasteiger partial charge in [-0.15, -0.1) is 0 Å². The summed E-state index contributed by atoms with van der Waals surface area (Å²) in [5, 5.41) is 2.56. The molecule has 0 saturated carbocycles. The summed E-state index contributed by atoms with van der Waals surface area (Å²) in [5.74, 6) is -1.02. The predicted octanol–water partition coefficient (Wildman–Crippen LogP) is 2.71. The maximum absolute atomic E-state index is 12.8. The van der Waals surface area contributed by atoms with E-state index in [1.807, 2.05) is 0 Å². The Kier molecular flexibility index (Phi) is 4.65. The van der Waals surface area contributed by atoms with Crippen LogP contribution in [-0.4, -0.2) is 35.8 Å². The van der Waals surface area contributed by atoms with Crippen molar-refractivity contribution >= 4 is 23.4 Å². The molecule has 0 radical (unpaired) electrons. The molecule has 1 N–H and O–H groups in total. The lowest BCUT2D eigenvalue weighted by molar-refractivity contribution is -0.137. The quantitative estimate of drug-likeness (QED) is 0.858. The molecule has 1 saturated heterocycles. The van der Waals surface area contributed by atoms with E-state index in [1.54, 1.807) is 0 Å². The first kappa shape index (κ1) is 16.6. The van der Waals surface area contributed by atoms with E-state index in [-0.39, 0.29) is 23.0 Å². The Hall–Kier alpha value is -1.76. The summed E-state index contributed by atoms with van der Waals surface area (Å²) >= 11 is 5.87. The lowest BCUT2D eigenvalue weighted by atomic mass is 10.1. The van der Waals surface area contributed by atoms with Gasteiger partial charge in [0.2, 0.25) is 5.91 Å². The molecule has 1 aromatic rings. The number of carbonyl (C=O) groups is 2. The second-order valence-corrected chi connectivity index (χ2v) is 5.42. The van der Waals surface area contributed by atoms with E-state index in [9.17, 15) is 22.8 Å². The van der Waals surface area contributed by atoms with Crippen LogP contribution in [-0.2, 0) is 11.0 Å². The summed E-state index contributed by atoms with van der Waals surface area (Å²) in [4.78, 5) is 25.5. The van der Waals surface area contributed by atoms with E-state index in [2.05, 4.69) is 5.32 Å². The molecule has 8 heteroatoms. The zero-order valence-electron chi connectivity index (χ0n) is 11.7. The molecule has 2 amide bonds. The van der Waals surface area contributed by atoms with Crippen LogP contribution in [0, 0.1) is 0 Å². The number of carbonyl (C=O) groups excluding carboxylic acids is 2. The number of hydrogen-bond donors (Lipinski definition) is 1. The van der Waals surface area contributed by atoms with Crippen LogP contribution < -0.4 is 5.32 Å². The molecular formula is C14H14ClF3N2O2. The number of amides is 2. The van der Waals surface area contributed by atoms with Gasteiger partial charge in [-0.05, 0) is 31.5 Å². The Morgan fingerprint density at radius 2 is 2.09 bits per heavy atom. The lowest BCUT2D eigenvalue weighted by Gasteiger charge is -2.26. The van der Waals surface area contributed by atoms with Gasteiger partial charge in [0.1, 0.15) is 6.04 Å². The molecule has 1 fully saturated rings. The van der Waals surface area contributed by atoms with Gasteiger partial charge in [-0.1, -0.05) is 11.6 Å². The van der Waals surface area contributed by atoms with E-state index < -0.39 is 23.7 Å². The van der Waals surface area contributed by atoms with Crippen molar-refractivity contribution in [2.75, 3.05) is 13.1 Å². The van der Waals surface area contributed by atoms with Crippen LogP contribution in [0.2, 0.25) is 5.02 Å². The Morgan fingerprint density at radius 3 is 2.73 bits per heavy atom. The molecule has 0 aromatic heterocycles. The van der Waals surface area contributed by atoms with Crippen LogP contribution in [0.15, 0.2) is 18.2 Å². The van der Waals surface area contributed by atoms with Gasteiger partial charge in [-0.3, -0.25) is 9.59 Å². The predicted molar refractivity (Wildman–Crippen MR) is 74.6 cm³/mol. The minimum atomic E-state index is -4.57. The third-order valence-electron chi connectivity index (χ3n) is 3.51. The highest BCUT2D eigenvalue weighted by Crippen LogP contribution is 2.32. The first-order valence-electron chi connectivity index (χ1n) is 6.67. The van der Waals surface area contributed by atoms with E-state index in [4.69, 9.17) is 11.6 Å². The first-order valence-corrected chi connectivity index (χ1v) is 7.05. The maximum Gasteiger partial charge on any atom is 0.416 e. The van der Waals surface area contributed by atoms with E-state index in [0.717, 1.165) is 18.2 Å². The third-order valence-corrected chi connectivity index (χ3v) is 3.84. The SMILES string of the molecule is CC1C(=O)NCCCN1C(=O)c1cc(C(F)(F)F)ccc1Cl. The molecule has 0 aliphatic carbocycles. The van der Waals surface area contributed by atoms with Crippen molar-refractivity contribution in [2.24, 2.45) is 0 Å². The van der Waals surface area contributed by atoms with Crippen molar-refractivity contribution in [3.8, 4) is 0 Å². The minimum Gasteiger partial charge on any atom is -0.354 e. The van der Waals surface area contributed by atoms with Gasteiger partial charge in [0, 0.05) is 13.1 Å². The Bertz CT molecular complexity index is 604. The highest BCUT2D eigenvalue weighted by Gasteiger charge is 2.34. The molecule has 1 heterocycles. The van der Waals surface area contributed by atoms with Gasteiger partial charge in [0.15, 0.2) is 0 Å². The first-order chi connectivity index (χ1) is 10.2. The standard InChI is InChI=1S/C14H14ClF3N2O2/c1-8-12(21)19-5-2-6-20(8)13(22)10-7-9(14(16,17)18)3-4-11(10)15/h3-4,7-8H,2,5-6H2,1H3,(H,19,21). The number of nitrogens with zero attached hydrogens (tertiary/aromatic N) is 1. The number of benzene rings is 1. The second kappa shape index (κ2) is 6.16. The lowest BCUT2D eigenvalue weighted by Crippen LogP contribution is -2.45. The minimum absolute atomic E-state index is 0.0742. The molecule has 1 unspecified atom stereocenters. The molecule has 22 heavy (non-hydrogen) atoms. The summed E-state index contributed by atoms with van der Waals surface area (Å²) in [5.41, 5.74) is -1.20. The Labute approximate surface area is 130 Å². The molecule has 0 bridgehead atoms. The van der Waals surface area contributed by atoms with Gasteiger partial charge >= 0.3 is 6.18 Å². The van der Waals surface area contributed by atoms with Crippen LogP contribution in [0.1, 0.15) is 29.3 Å². The number of hydrogen-bond acceptors (Lipinski definition) is 2. The van der Waals surface area contributed by atoms with Gasteiger partial charge in [0.05, 0.1) is 16.1 Å². The molecule has 1 aromatic carbocycles. The van der Waals surface area contributed by atoms with Gasteiger partial charge < -0.3 is 10.2 Å². The largest absolute Gasteiger partial charge is 0.416 e. The summed E-state index contributed by atoms with van der Waals surface area (Å²) < 4.78 is 38.3. The van der Waals surface area contributed by atoms with Crippen molar-refractivity contribution in [1.29, 1.82) is 0 Å². The van der Waals surface area contributed by atoms with Crippen LogP contribution in [0.5, 0.6) is 0 Å². The third kappa shape index (κ3) is 3.35. The molecule has 1 aliphatic heterocycles. The topological polar surface area (TPSA) is 49.4 Å². The number of halogens is 4. The fraction of sp³-hybridized carbons (Fsp3) is 0.429. The van der Waals surface area contributed by atoms with Gasteiger partial charge in [-0.2, -0.15) is 13.2 Å². The maximum atomic E-state index is 12.8. The molecular weight excluding hydrogens is 321 g/mol. The van der Waals surface area contributed by atoms with Crippen LogP contribution in [0.3, 0.4) is 0 Å². The summed E-state index contributed by atoms with van der Waals surface area (Å²) in [7, 11) is 0. The summed E-state index contributed by atoms with van der Waals surface area (Å²) in [6.07, 6.45) is -4.04. The van der Waals surface area contributed by atoms with Crippen molar-refractivity contribution in [3.05, 3.63) is 34.3 Å². The Balaban J connectivity index is 2.37. The zero-order chi connectivity index (χ0) is 16.5. The highest BCUT2D eigenvalue weighted by molar-refractivity contribution is 6.33. The van der Waals surface area contributed by atoms with Crippen LogP contribution in [0.4, 0.5) is 13.2 Å². The van der Waals surface area contributed by atoms with Crippen molar-refractivity contribution in [3.63, 3.8) is 0 Å². The summed E-state index contributed by atoms with van der Waals surface area (Å²) in [6.45, 7) is 2.22. The molecule has 1 aliphatic rings. The molecule has 2 rings (SSSR count). The molecule has 0 spiro atoms. The van der Waals surface area contributed by atoms with Crippen LogP contribution in [0.25, 0.3) is 0 Å². The van der Waals surface area contributed by atoms with Crippen molar-refractivity contribution in [1.82, 2.24) is 10.2 Å². The molecule has 120 valence electrons. The second-order valence-electron chi connectivity index (χ2n) is 5.01. The van der Waals surface area contributed by atoms with E-state index in [1.165, 1.54) is 11.8 Å². The average molecular weight is 335 g/mol. The van der Waals surface area contributed by atoms with Crippen LogP contribution >= 0.6 is 11.6 Å². The van der Waals surface area contributed by atoms with E-state index >= 15 is 0 Å². The van der Waals surface area contributed by atoms with Crippen molar-refractivity contribution < 1.29 is 22.8 Å². The molecule has 4 nitrogen and oxygen atoms in total. The smallest absolute Gasteiger partial charge is 0.354 e. The summed E-state index contributed by atoms with van der Waals surface area (Å²) in [6, 6.07) is 1.82. The zero-order valence-corrected chi connectivity index (χ0v) is 12.5. The Morgan fingerprint density at radius 1 is 1.41 bits per heavy atom. The monoisotopic (exact) mass is 334 g/mol. The normalized spacial score (nSPS) is 19.6. The van der Waals surface area contributed by atoms with Gasteiger partial charge in [0.25, 0.3) is 5.91 Å². The van der Waals surface area contributed by atoms with Gasteiger partial charge in [-0.25, -0.2) is 0 Å². The molecule has 1 atom stereocenters. The van der Waals surface area contributed by atoms with Crippen molar-refractivity contribution in [2.45, 2.75) is 25.6 Å². The number of nitrogens with one attached hydrogen (secondary N) is 1. The highest BCUT2D eigenvalue weighted by atomic mass is 35.5. The fourth-order valence-electron chi connectivity index (χ4n) is 2.24. The van der Waals surface area contributed by atoms with E-state index in [0.29, 0.717) is 13.0 Å². The number of rotatable bonds is 1. The average Bonchev–Trinajstić information content (AvgIpc) is 2.60. The fourth-order valence-corrected chi connectivity index (χ4v) is 2.44.